The molecule has 2 aromatic carbocycles. The molecule has 3 rings (SSSR count). The lowest BCUT2D eigenvalue weighted by atomic mass is 9.96. The van der Waals surface area contributed by atoms with E-state index in [4.69, 9.17) is 0 Å². The summed E-state index contributed by atoms with van der Waals surface area (Å²) in [4.78, 5) is 12.8. The van der Waals surface area contributed by atoms with Crippen molar-refractivity contribution in [2.24, 2.45) is 0 Å². The Morgan fingerprint density at radius 3 is 2.50 bits per heavy atom. The molecule has 28 heavy (non-hydrogen) atoms. The molecular weight excluding hydrogens is 379 g/mol. The number of rotatable bonds is 7. The number of carbonyl (C=O) groups is 1. The van der Waals surface area contributed by atoms with Gasteiger partial charge in [-0.15, -0.1) is 0 Å². The van der Waals surface area contributed by atoms with E-state index in [0.717, 1.165) is 24.1 Å². The monoisotopic (exact) mass is 404 g/mol. The summed E-state index contributed by atoms with van der Waals surface area (Å²) < 4.78 is 40.2. The Labute approximate surface area is 165 Å². The summed E-state index contributed by atoms with van der Waals surface area (Å²) >= 11 is 0. The first kappa shape index (κ1) is 20.5. The fraction of sp³-hybridized carbons (Fsp3) is 0.381. The van der Waals surface area contributed by atoms with Gasteiger partial charge in [0.2, 0.25) is 15.9 Å². The zero-order chi connectivity index (χ0) is 20.1. The van der Waals surface area contributed by atoms with Crippen LogP contribution in [0, 0.1) is 5.82 Å². The number of carbonyl (C=O) groups excluding carboxylic acids is 1. The van der Waals surface area contributed by atoms with E-state index < -0.39 is 21.9 Å². The van der Waals surface area contributed by atoms with Crippen LogP contribution in [0.15, 0.2) is 59.5 Å². The number of halogens is 1. The highest BCUT2D eigenvalue weighted by atomic mass is 32.2. The van der Waals surface area contributed by atoms with Gasteiger partial charge in [0.1, 0.15) is 11.9 Å². The number of nitrogens with one attached hydrogen (secondary N) is 1. The average molecular weight is 405 g/mol. The zero-order valence-corrected chi connectivity index (χ0v) is 16.7. The maximum atomic E-state index is 13.1. The zero-order valence-electron chi connectivity index (χ0n) is 15.8. The third-order valence-electron chi connectivity index (χ3n) is 5.21. The van der Waals surface area contributed by atoms with Crippen molar-refractivity contribution in [3.05, 3.63) is 66.0 Å². The number of benzene rings is 2. The van der Waals surface area contributed by atoms with Crippen molar-refractivity contribution in [3.63, 3.8) is 0 Å². The summed E-state index contributed by atoms with van der Waals surface area (Å²) in [5.41, 5.74) is 1.15. The summed E-state index contributed by atoms with van der Waals surface area (Å²) in [5.74, 6) is -0.604. The molecule has 1 aliphatic rings. The van der Waals surface area contributed by atoms with E-state index in [1.807, 2.05) is 30.3 Å². The molecule has 0 saturated carbocycles. The third kappa shape index (κ3) is 4.42. The van der Waals surface area contributed by atoms with Crippen LogP contribution in [-0.4, -0.2) is 37.8 Å². The van der Waals surface area contributed by atoms with Gasteiger partial charge in [0.05, 0.1) is 4.90 Å². The van der Waals surface area contributed by atoms with Crippen LogP contribution in [0.5, 0.6) is 0 Å². The molecule has 1 fully saturated rings. The van der Waals surface area contributed by atoms with E-state index in [-0.39, 0.29) is 23.3 Å². The number of nitrogens with zero attached hydrogens (tertiary/aromatic N) is 1. The van der Waals surface area contributed by atoms with Crippen molar-refractivity contribution in [1.82, 2.24) is 9.62 Å². The summed E-state index contributed by atoms with van der Waals surface area (Å²) in [6.45, 7) is 2.80. The molecule has 0 aromatic heterocycles. The van der Waals surface area contributed by atoms with E-state index in [1.54, 1.807) is 0 Å². The van der Waals surface area contributed by atoms with Crippen LogP contribution in [0.3, 0.4) is 0 Å². The lowest BCUT2D eigenvalue weighted by molar-refractivity contribution is -0.124. The largest absolute Gasteiger partial charge is 0.354 e. The molecule has 5 nitrogen and oxygen atoms in total. The molecule has 2 atom stereocenters. The average Bonchev–Trinajstić information content (AvgIpc) is 3.20. The lowest BCUT2D eigenvalue weighted by Gasteiger charge is -2.24. The summed E-state index contributed by atoms with van der Waals surface area (Å²) in [5, 5.41) is 2.93. The van der Waals surface area contributed by atoms with Gasteiger partial charge in [-0.1, -0.05) is 37.3 Å². The molecule has 7 heteroatoms. The standard InChI is InChI=1S/C21H25FN2O3S/c1-2-16(17-7-4-3-5-8-17)15-23-21(25)20-9-6-14-24(20)28(26,27)19-12-10-18(22)11-13-19/h3-5,7-8,10-13,16,20H,2,6,9,14-15H2,1H3,(H,23,25)/t16-,20-/m0/s1. The molecule has 1 saturated heterocycles. The van der Waals surface area contributed by atoms with E-state index in [0.29, 0.717) is 19.4 Å². The highest BCUT2D eigenvalue weighted by Gasteiger charge is 2.39. The van der Waals surface area contributed by atoms with Crippen molar-refractivity contribution < 1.29 is 17.6 Å². The van der Waals surface area contributed by atoms with Crippen LogP contribution in [-0.2, 0) is 14.8 Å². The smallest absolute Gasteiger partial charge is 0.243 e. The van der Waals surface area contributed by atoms with E-state index in [1.165, 1.54) is 16.4 Å². The predicted octanol–water partition coefficient (Wildman–Crippen LogP) is 3.29. The van der Waals surface area contributed by atoms with E-state index >= 15 is 0 Å². The molecule has 0 unspecified atom stereocenters. The minimum Gasteiger partial charge on any atom is -0.354 e. The molecule has 0 radical (unpaired) electrons. The van der Waals surface area contributed by atoms with Crippen LogP contribution in [0.2, 0.25) is 0 Å². The normalized spacial score (nSPS) is 18.7. The molecule has 0 aliphatic carbocycles. The Hall–Kier alpha value is -2.25. The second kappa shape index (κ2) is 8.84. The van der Waals surface area contributed by atoms with Gasteiger partial charge < -0.3 is 5.32 Å². The predicted molar refractivity (Wildman–Crippen MR) is 106 cm³/mol. The van der Waals surface area contributed by atoms with Crippen molar-refractivity contribution in [2.45, 2.75) is 43.0 Å². The maximum absolute atomic E-state index is 13.1. The van der Waals surface area contributed by atoms with Crippen LogP contribution in [0.25, 0.3) is 0 Å². The first-order chi connectivity index (χ1) is 13.4. The second-order valence-electron chi connectivity index (χ2n) is 6.99. The molecule has 150 valence electrons. The van der Waals surface area contributed by atoms with Crippen molar-refractivity contribution in [3.8, 4) is 0 Å². The molecular formula is C21H25FN2O3S. The Kier molecular flexibility index (Phi) is 6.46. The van der Waals surface area contributed by atoms with Crippen LogP contribution in [0.4, 0.5) is 4.39 Å². The van der Waals surface area contributed by atoms with Crippen molar-refractivity contribution in [1.29, 1.82) is 0 Å². The Balaban J connectivity index is 1.70. The summed E-state index contributed by atoms with van der Waals surface area (Å²) in [7, 11) is -3.84. The summed E-state index contributed by atoms with van der Waals surface area (Å²) in [6.07, 6.45) is 1.97. The van der Waals surface area contributed by atoms with Crippen LogP contribution >= 0.6 is 0 Å². The minimum atomic E-state index is -3.84. The fourth-order valence-electron chi connectivity index (χ4n) is 3.60. The third-order valence-corrected chi connectivity index (χ3v) is 7.14. The van der Waals surface area contributed by atoms with Gasteiger partial charge in [0.25, 0.3) is 0 Å². The number of sulfonamides is 1. The maximum Gasteiger partial charge on any atom is 0.243 e. The molecule has 1 heterocycles. The van der Waals surface area contributed by atoms with Crippen LogP contribution in [0.1, 0.15) is 37.7 Å². The number of hydrogen-bond acceptors (Lipinski definition) is 3. The van der Waals surface area contributed by atoms with Crippen LogP contribution < -0.4 is 5.32 Å². The van der Waals surface area contributed by atoms with Gasteiger partial charge in [-0.25, -0.2) is 12.8 Å². The van der Waals surface area contributed by atoms with Gasteiger partial charge in [-0.2, -0.15) is 4.31 Å². The van der Waals surface area contributed by atoms with Crippen molar-refractivity contribution >= 4 is 15.9 Å². The van der Waals surface area contributed by atoms with E-state index in [2.05, 4.69) is 12.2 Å². The Morgan fingerprint density at radius 1 is 1.18 bits per heavy atom. The molecule has 0 bridgehead atoms. The number of hydrogen-bond donors (Lipinski definition) is 1. The quantitative estimate of drug-likeness (QED) is 0.770. The van der Waals surface area contributed by atoms with Gasteiger partial charge in [0.15, 0.2) is 0 Å². The van der Waals surface area contributed by atoms with Gasteiger partial charge >= 0.3 is 0 Å². The van der Waals surface area contributed by atoms with Gasteiger partial charge in [-0.3, -0.25) is 4.79 Å². The first-order valence-electron chi connectivity index (χ1n) is 9.53. The Morgan fingerprint density at radius 2 is 1.86 bits per heavy atom. The minimum absolute atomic E-state index is 0.00400. The first-order valence-corrected chi connectivity index (χ1v) is 11.0. The topological polar surface area (TPSA) is 66.5 Å². The lowest BCUT2D eigenvalue weighted by Crippen LogP contribution is -2.46. The van der Waals surface area contributed by atoms with Gasteiger partial charge in [-0.05, 0) is 49.1 Å². The number of amides is 1. The highest BCUT2D eigenvalue weighted by Crippen LogP contribution is 2.27. The fourth-order valence-corrected chi connectivity index (χ4v) is 5.25. The molecule has 1 N–H and O–H groups in total. The highest BCUT2D eigenvalue weighted by molar-refractivity contribution is 7.89. The Bertz CT molecular complexity index is 901. The van der Waals surface area contributed by atoms with Crippen molar-refractivity contribution in [2.75, 3.05) is 13.1 Å². The molecule has 1 amide bonds. The molecule has 0 spiro atoms. The SMILES string of the molecule is CC[C@@H](CNC(=O)[C@@H]1CCCN1S(=O)(=O)c1ccc(F)cc1)c1ccccc1. The summed E-state index contributed by atoms with van der Waals surface area (Å²) in [6, 6.07) is 13.9. The van der Waals surface area contributed by atoms with Gasteiger partial charge in [0, 0.05) is 19.0 Å². The molecule has 2 aromatic rings. The molecule has 1 aliphatic heterocycles. The second-order valence-corrected chi connectivity index (χ2v) is 8.88. The van der Waals surface area contributed by atoms with E-state index in [9.17, 15) is 17.6 Å².